The lowest BCUT2D eigenvalue weighted by Crippen LogP contribution is -2.12. The van der Waals surface area contributed by atoms with E-state index in [1.165, 1.54) is 11.1 Å². The van der Waals surface area contributed by atoms with Crippen molar-refractivity contribution >= 4 is 47.0 Å². The van der Waals surface area contributed by atoms with Gasteiger partial charge in [-0.05, 0) is 24.0 Å². The molecule has 0 aliphatic carbocycles. The van der Waals surface area contributed by atoms with Crippen LogP contribution >= 0.6 is 47.0 Å². The van der Waals surface area contributed by atoms with Crippen LogP contribution in [0.15, 0.2) is 44.9 Å². The van der Waals surface area contributed by atoms with Crippen LogP contribution in [0.5, 0.6) is 0 Å². The van der Waals surface area contributed by atoms with E-state index in [0.29, 0.717) is 0 Å². The first-order valence-corrected chi connectivity index (χ1v) is 12.7. The number of rotatable bonds is 0. The van der Waals surface area contributed by atoms with Gasteiger partial charge in [0.05, 0.1) is 0 Å². The number of fused-ring (bicyclic) bond motifs is 5. The van der Waals surface area contributed by atoms with E-state index in [4.69, 9.17) is 11.7 Å². The molecule has 0 saturated carbocycles. The van der Waals surface area contributed by atoms with Gasteiger partial charge in [-0.2, -0.15) is 0 Å². The quantitative estimate of drug-likeness (QED) is 0.493. The summed E-state index contributed by atoms with van der Waals surface area (Å²) < 4.78 is 3.20. The second kappa shape index (κ2) is 9.33. The monoisotopic (exact) mass is 452 g/mol. The van der Waals surface area contributed by atoms with Crippen molar-refractivity contribution in [3.05, 3.63) is 35.4 Å². The van der Waals surface area contributed by atoms with Crippen LogP contribution in [0.25, 0.3) is 0 Å². The van der Waals surface area contributed by atoms with Gasteiger partial charge >= 0.3 is 0 Å². The molecule has 1 aromatic carbocycles. The third-order valence-electron chi connectivity index (χ3n) is 4.10. The smallest absolute Gasteiger partial charge is 0.210 e. The highest BCUT2D eigenvalue weighted by molar-refractivity contribution is 8.00. The van der Waals surface area contributed by atoms with Gasteiger partial charge in [0.15, 0.2) is 0 Å². The maximum absolute atomic E-state index is 6.19. The van der Waals surface area contributed by atoms with E-state index in [-0.39, 0.29) is 0 Å². The maximum atomic E-state index is 6.19. The second-order valence-electron chi connectivity index (χ2n) is 6.02. The Hall–Kier alpha value is -1.50. The Kier molecular flexibility index (Phi) is 6.60. The molecule has 28 heavy (non-hydrogen) atoms. The molecule has 4 N–H and O–H groups in total. The van der Waals surface area contributed by atoms with E-state index >= 15 is 0 Å². The van der Waals surface area contributed by atoms with Crippen LogP contribution in [0.2, 0.25) is 0 Å². The molecule has 0 saturated heterocycles. The molecule has 4 bridgehead atoms. The first kappa shape index (κ1) is 19.8. The minimum atomic E-state index is 0.730. The number of benzene rings is 1. The van der Waals surface area contributed by atoms with Gasteiger partial charge in [0.25, 0.3) is 0 Å². The lowest BCUT2D eigenvalue weighted by Gasteiger charge is -2.09. The molecule has 0 fully saturated rings. The highest BCUT2D eigenvalue weighted by Crippen LogP contribution is 2.30. The van der Waals surface area contributed by atoms with Crippen molar-refractivity contribution < 1.29 is 0 Å². The number of hydrogen-bond acceptors (Lipinski definition) is 10. The Morgan fingerprint density at radius 3 is 1.46 bits per heavy atom. The van der Waals surface area contributed by atoms with Gasteiger partial charge in [-0.1, -0.05) is 71.3 Å². The van der Waals surface area contributed by atoms with Crippen molar-refractivity contribution in [1.29, 1.82) is 0 Å². The van der Waals surface area contributed by atoms with E-state index in [1.807, 2.05) is 12.1 Å². The summed E-state index contributed by atoms with van der Waals surface area (Å²) in [4.78, 5) is 0. The largest absolute Gasteiger partial charge is 0.335 e. The maximum Gasteiger partial charge on any atom is 0.210 e. The Morgan fingerprint density at radius 1 is 0.643 bits per heavy atom. The zero-order valence-corrected chi connectivity index (χ0v) is 18.3. The molecule has 12 heteroatoms. The van der Waals surface area contributed by atoms with Crippen LogP contribution in [0.4, 0.5) is 0 Å². The number of nitrogen functional groups attached to an aromatic ring is 2. The van der Waals surface area contributed by atoms with Crippen molar-refractivity contribution in [2.45, 2.75) is 45.0 Å². The summed E-state index contributed by atoms with van der Waals surface area (Å²) in [7, 11) is 0. The molecule has 8 nitrogen and oxygen atoms in total. The average molecular weight is 453 g/mol. The summed E-state index contributed by atoms with van der Waals surface area (Å²) in [6, 6.07) is 8.35. The van der Waals surface area contributed by atoms with Crippen LogP contribution in [-0.2, 0) is 11.5 Å². The summed E-state index contributed by atoms with van der Waals surface area (Å²) in [6.45, 7) is 0. The van der Waals surface area contributed by atoms with E-state index in [9.17, 15) is 0 Å². The predicted octanol–water partition coefficient (Wildman–Crippen LogP) is 2.86. The highest BCUT2D eigenvalue weighted by atomic mass is 32.2. The molecule has 1 aliphatic heterocycles. The molecule has 4 rings (SSSR count). The zero-order valence-electron chi connectivity index (χ0n) is 15.0. The fourth-order valence-electron chi connectivity index (χ4n) is 2.58. The molecule has 1 aliphatic rings. The SMILES string of the molecule is Nn1c2nnc1SCc1ccccc1CSc1nnc(n1N)SCCCCS2. The van der Waals surface area contributed by atoms with Crippen molar-refractivity contribution in [2.24, 2.45) is 0 Å². The van der Waals surface area contributed by atoms with Crippen LogP contribution in [-0.4, -0.2) is 41.3 Å². The Bertz CT molecular complexity index is 865. The molecule has 3 heterocycles. The zero-order chi connectivity index (χ0) is 19.3. The van der Waals surface area contributed by atoms with Crippen molar-refractivity contribution in [3.63, 3.8) is 0 Å². The molecule has 0 amide bonds. The third kappa shape index (κ3) is 4.56. The number of hydrogen-bond donors (Lipinski definition) is 2. The average Bonchev–Trinajstić information content (AvgIpc) is 3.24. The van der Waals surface area contributed by atoms with Crippen LogP contribution in [0.1, 0.15) is 24.0 Å². The number of nitrogens with zero attached hydrogens (tertiary/aromatic N) is 6. The minimum absolute atomic E-state index is 0.730. The molecular weight excluding hydrogens is 433 g/mol. The number of aromatic nitrogens is 6. The van der Waals surface area contributed by atoms with Crippen LogP contribution < -0.4 is 11.7 Å². The Labute approximate surface area is 179 Å². The van der Waals surface area contributed by atoms with Crippen molar-refractivity contribution in [1.82, 2.24) is 29.7 Å². The van der Waals surface area contributed by atoms with E-state index in [2.05, 4.69) is 32.5 Å². The summed E-state index contributed by atoms with van der Waals surface area (Å²) >= 11 is 6.47. The molecule has 0 unspecified atom stereocenters. The first-order chi connectivity index (χ1) is 13.7. The summed E-state index contributed by atoms with van der Waals surface area (Å²) in [5.74, 6) is 15.8. The third-order valence-corrected chi connectivity index (χ3v) is 8.14. The first-order valence-electron chi connectivity index (χ1n) is 8.71. The summed E-state index contributed by atoms with van der Waals surface area (Å²) in [5, 5.41) is 19.9. The normalized spacial score (nSPS) is 16.1. The lowest BCUT2D eigenvalue weighted by molar-refractivity contribution is 0.776. The molecule has 3 aromatic rings. The molecule has 148 valence electrons. The Morgan fingerprint density at radius 2 is 1.04 bits per heavy atom. The molecule has 2 aromatic heterocycles. The van der Waals surface area contributed by atoms with Crippen molar-refractivity contribution in [3.8, 4) is 0 Å². The fourth-order valence-corrected chi connectivity index (χ4v) is 6.18. The molecular formula is C16H20N8S4. The van der Waals surface area contributed by atoms with Crippen LogP contribution in [0.3, 0.4) is 0 Å². The van der Waals surface area contributed by atoms with Gasteiger partial charge in [0.2, 0.25) is 20.6 Å². The molecule has 0 atom stereocenters. The minimum Gasteiger partial charge on any atom is -0.335 e. The molecule has 0 spiro atoms. The Balaban J connectivity index is 1.57. The van der Waals surface area contributed by atoms with Gasteiger partial charge < -0.3 is 11.7 Å². The fraction of sp³-hybridized carbons (Fsp3) is 0.375. The summed E-state index contributed by atoms with van der Waals surface area (Å²) in [5.41, 5.74) is 2.46. The topological polar surface area (TPSA) is 113 Å². The van der Waals surface area contributed by atoms with Gasteiger partial charge in [-0.3, -0.25) is 0 Å². The highest BCUT2D eigenvalue weighted by Gasteiger charge is 2.15. The predicted molar refractivity (Wildman–Crippen MR) is 117 cm³/mol. The van der Waals surface area contributed by atoms with Crippen molar-refractivity contribution in [2.75, 3.05) is 23.2 Å². The van der Waals surface area contributed by atoms with Gasteiger partial charge in [0, 0.05) is 23.0 Å². The van der Waals surface area contributed by atoms with Crippen LogP contribution in [0, 0.1) is 0 Å². The lowest BCUT2D eigenvalue weighted by atomic mass is 10.1. The van der Waals surface area contributed by atoms with E-state index < -0.39 is 0 Å². The summed E-state index contributed by atoms with van der Waals surface area (Å²) in [6.07, 6.45) is 2.11. The van der Waals surface area contributed by atoms with Gasteiger partial charge in [-0.15, -0.1) is 20.4 Å². The number of nitrogens with two attached hydrogens (primary N) is 2. The standard InChI is InChI=1S/C16H20N8S4/c17-23-13-19-21-15(23)27-9-11-5-1-2-6-12(11)10-28-16-22-20-14(24(16)18)26-8-4-3-7-25-13/h1-2,5-6H,3-4,7-10,17-18H2. The van der Waals surface area contributed by atoms with E-state index in [0.717, 1.165) is 56.5 Å². The molecule has 0 radical (unpaired) electrons. The van der Waals surface area contributed by atoms with Gasteiger partial charge in [-0.25, -0.2) is 9.35 Å². The van der Waals surface area contributed by atoms with Gasteiger partial charge in [0.1, 0.15) is 0 Å². The second-order valence-corrected chi connectivity index (χ2v) is 10.0. The number of thioether (sulfide) groups is 4. The van der Waals surface area contributed by atoms with E-state index in [1.54, 1.807) is 56.4 Å².